The molecule has 1 saturated heterocycles. The van der Waals surface area contributed by atoms with Gasteiger partial charge in [-0.15, -0.1) is 10.2 Å². The molecular weight excluding hydrogens is 358 g/mol. The van der Waals surface area contributed by atoms with Crippen molar-refractivity contribution in [2.24, 2.45) is 5.92 Å². The first-order valence-corrected chi connectivity index (χ1v) is 10.1. The second kappa shape index (κ2) is 7.92. The van der Waals surface area contributed by atoms with E-state index in [4.69, 9.17) is 0 Å². The van der Waals surface area contributed by atoms with Crippen molar-refractivity contribution in [3.8, 4) is 5.13 Å². The molecule has 1 aliphatic rings. The molecule has 1 N–H and O–H groups in total. The normalized spacial score (nSPS) is 18.3. The molecule has 6 nitrogen and oxygen atoms in total. The van der Waals surface area contributed by atoms with E-state index in [1.807, 2.05) is 66.3 Å². The van der Waals surface area contributed by atoms with Gasteiger partial charge in [0.25, 0.3) is 0 Å². The average Bonchev–Trinajstić information content (AvgIpc) is 3.40. The van der Waals surface area contributed by atoms with Gasteiger partial charge in [-0.1, -0.05) is 41.7 Å². The van der Waals surface area contributed by atoms with E-state index in [-0.39, 0.29) is 17.9 Å². The molecule has 0 saturated carbocycles. The minimum absolute atomic E-state index is 0.0101. The molecule has 2 atom stereocenters. The maximum atomic E-state index is 12.8. The Balaban J connectivity index is 1.40. The second-order valence-corrected chi connectivity index (χ2v) is 7.82. The van der Waals surface area contributed by atoms with Crippen LogP contribution >= 0.6 is 11.3 Å². The highest BCUT2D eigenvalue weighted by molar-refractivity contribution is 7.17. The van der Waals surface area contributed by atoms with E-state index < -0.39 is 0 Å². The fraction of sp³-hybridized carbons (Fsp3) is 0.350. The number of hydrogen-bond acceptors (Lipinski definition) is 5. The molecule has 0 bridgehead atoms. The van der Waals surface area contributed by atoms with Gasteiger partial charge in [0.15, 0.2) is 0 Å². The number of carbonyl (C=O) groups is 1. The van der Waals surface area contributed by atoms with Crippen LogP contribution in [0.4, 0.5) is 5.13 Å². The number of amides is 1. The number of rotatable bonds is 5. The van der Waals surface area contributed by atoms with Crippen molar-refractivity contribution in [1.29, 1.82) is 0 Å². The molecule has 3 heterocycles. The van der Waals surface area contributed by atoms with Crippen LogP contribution in [0.3, 0.4) is 0 Å². The maximum absolute atomic E-state index is 12.8. The fourth-order valence-electron chi connectivity index (χ4n) is 3.42. The number of carbonyl (C=O) groups excluding carboxylic acids is 1. The van der Waals surface area contributed by atoms with Gasteiger partial charge in [0, 0.05) is 25.5 Å². The molecule has 2 unspecified atom stereocenters. The summed E-state index contributed by atoms with van der Waals surface area (Å²) in [7, 11) is 0. The first-order valence-electron chi connectivity index (χ1n) is 9.28. The Morgan fingerprint density at radius 3 is 2.67 bits per heavy atom. The van der Waals surface area contributed by atoms with Crippen LogP contribution in [-0.2, 0) is 4.79 Å². The van der Waals surface area contributed by atoms with Gasteiger partial charge in [0.2, 0.25) is 16.2 Å². The van der Waals surface area contributed by atoms with E-state index in [9.17, 15) is 4.79 Å². The first kappa shape index (κ1) is 17.7. The van der Waals surface area contributed by atoms with Crippen molar-refractivity contribution in [2.75, 3.05) is 18.0 Å². The van der Waals surface area contributed by atoms with Crippen LogP contribution < -0.4 is 10.2 Å². The van der Waals surface area contributed by atoms with Gasteiger partial charge in [-0.05, 0) is 37.5 Å². The van der Waals surface area contributed by atoms with Crippen molar-refractivity contribution in [2.45, 2.75) is 25.8 Å². The Kier molecular flexibility index (Phi) is 5.20. The summed E-state index contributed by atoms with van der Waals surface area (Å²) in [5.41, 5.74) is 1.12. The molecule has 0 spiro atoms. The van der Waals surface area contributed by atoms with E-state index >= 15 is 0 Å². The number of anilines is 1. The van der Waals surface area contributed by atoms with Gasteiger partial charge in [0.1, 0.15) is 0 Å². The number of aromatic nitrogens is 3. The molecule has 0 aliphatic carbocycles. The Morgan fingerprint density at radius 2 is 1.89 bits per heavy atom. The average molecular weight is 382 g/mol. The molecule has 0 radical (unpaired) electrons. The summed E-state index contributed by atoms with van der Waals surface area (Å²) in [5, 5.41) is 13.5. The van der Waals surface area contributed by atoms with E-state index in [1.54, 1.807) is 11.3 Å². The van der Waals surface area contributed by atoms with Crippen LogP contribution in [0.15, 0.2) is 54.9 Å². The summed E-state index contributed by atoms with van der Waals surface area (Å²) in [6.07, 6.45) is 5.81. The highest BCUT2D eigenvalue weighted by Crippen LogP contribution is 2.28. The lowest BCUT2D eigenvalue weighted by Gasteiger charge is -2.32. The minimum atomic E-state index is -0.0242. The zero-order chi connectivity index (χ0) is 18.6. The minimum Gasteiger partial charge on any atom is -0.349 e. The predicted octanol–water partition coefficient (Wildman–Crippen LogP) is 3.42. The molecule has 1 aliphatic heterocycles. The molecule has 3 aromatic rings. The van der Waals surface area contributed by atoms with Gasteiger partial charge in [-0.3, -0.25) is 9.36 Å². The number of hydrogen-bond donors (Lipinski definition) is 1. The summed E-state index contributed by atoms with van der Waals surface area (Å²) in [6, 6.07) is 14.0. The summed E-state index contributed by atoms with van der Waals surface area (Å²) < 4.78 is 1.96. The summed E-state index contributed by atoms with van der Waals surface area (Å²) in [5.74, 6) is 0.0926. The molecule has 2 aromatic heterocycles. The smallest absolute Gasteiger partial charge is 0.225 e. The van der Waals surface area contributed by atoms with Crippen LogP contribution in [0.1, 0.15) is 31.4 Å². The van der Waals surface area contributed by atoms with Crippen molar-refractivity contribution in [3.05, 3.63) is 60.4 Å². The van der Waals surface area contributed by atoms with Crippen LogP contribution in [0.25, 0.3) is 5.13 Å². The summed E-state index contributed by atoms with van der Waals surface area (Å²) >= 11 is 1.56. The lowest BCUT2D eigenvalue weighted by molar-refractivity contribution is -0.125. The predicted molar refractivity (Wildman–Crippen MR) is 107 cm³/mol. The van der Waals surface area contributed by atoms with Crippen molar-refractivity contribution in [1.82, 2.24) is 20.1 Å². The molecule has 140 valence electrons. The third-order valence-electron chi connectivity index (χ3n) is 4.95. The van der Waals surface area contributed by atoms with Crippen LogP contribution in [0, 0.1) is 5.92 Å². The first-order chi connectivity index (χ1) is 13.2. The zero-order valence-electron chi connectivity index (χ0n) is 15.3. The Bertz CT molecular complexity index is 877. The molecule has 4 rings (SSSR count). The number of nitrogens with zero attached hydrogens (tertiary/aromatic N) is 4. The van der Waals surface area contributed by atoms with Crippen LogP contribution in [0.2, 0.25) is 0 Å². The van der Waals surface area contributed by atoms with E-state index in [1.165, 1.54) is 0 Å². The van der Waals surface area contributed by atoms with E-state index in [0.29, 0.717) is 6.54 Å². The second-order valence-electron chi connectivity index (χ2n) is 6.88. The van der Waals surface area contributed by atoms with Gasteiger partial charge >= 0.3 is 0 Å². The number of benzene rings is 1. The quantitative estimate of drug-likeness (QED) is 0.736. The maximum Gasteiger partial charge on any atom is 0.225 e. The van der Waals surface area contributed by atoms with Crippen LogP contribution in [-0.4, -0.2) is 33.8 Å². The summed E-state index contributed by atoms with van der Waals surface area (Å²) in [4.78, 5) is 15.0. The molecule has 7 heteroatoms. The van der Waals surface area contributed by atoms with Gasteiger partial charge in [0.05, 0.1) is 12.0 Å². The van der Waals surface area contributed by atoms with Gasteiger partial charge < -0.3 is 10.2 Å². The fourth-order valence-corrected chi connectivity index (χ4v) is 4.27. The van der Waals surface area contributed by atoms with E-state index in [2.05, 4.69) is 20.4 Å². The molecule has 1 aromatic carbocycles. The highest BCUT2D eigenvalue weighted by atomic mass is 32.1. The SMILES string of the molecule is CC(NC(=O)C1CCCN(c2nnc(-n3cccc3)s2)C1)c1ccccc1. The lowest BCUT2D eigenvalue weighted by Crippen LogP contribution is -2.43. The van der Waals surface area contributed by atoms with Crippen molar-refractivity contribution >= 4 is 22.4 Å². The lowest BCUT2D eigenvalue weighted by atomic mass is 9.96. The largest absolute Gasteiger partial charge is 0.349 e. The zero-order valence-corrected chi connectivity index (χ0v) is 16.1. The van der Waals surface area contributed by atoms with Gasteiger partial charge in [-0.25, -0.2) is 0 Å². The Hall–Kier alpha value is -2.67. The Morgan fingerprint density at radius 1 is 1.15 bits per heavy atom. The summed E-state index contributed by atoms with van der Waals surface area (Å²) in [6.45, 7) is 3.63. The standard InChI is InChI=1S/C20H23N5OS/c1-15(16-8-3-2-4-9-16)21-18(26)17-10-7-13-25(14-17)20-23-22-19(27-20)24-11-5-6-12-24/h2-6,8-9,11-12,15,17H,7,10,13-14H2,1H3,(H,21,26). The van der Waals surface area contributed by atoms with Crippen molar-refractivity contribution < 1.29 is 4.79 Å². The number of nitrogens with one attached hydrogen (secondary N) is 1. The molecular formula is C20H23N5OS. The Labute approximate surface area is 162 Å². The van der Waals surface area contributed by atoms with E-state index in [0.717, 1.165) is 35.2 Å². The van der Waals surface area contributed by atoms with Gasteiger partial charge in [-0.2, -0.15) is 0 Å². The van der Waals surface area contributed by atoms with Crippen molar-refractivity contribution in [3.63, 3.8) is 0 Å². The van der Waals surface area contributed by atoms with Crippen LogP contribution in [0.5, 0.6) is 0 Å². The molecule has 1 amide bonds. The monoisotopic (exact) mass is 381 g/mol. The number of piperidine rings is 1. The topological polar surface area (TPSA) is 63.1 Å². The highest BCUT2D eigenvalue weighted by Gasteiger charge is 2.28. The molecule has 1 fully saturated rings. The third kappa shape index (κ3) is 4.03. The third-order valence-corrected chi connectivity index (χ3v) is 5.95. The molecule has 27 heavy (non-hydrogen) atoms.